The van der Waals surface area contributed by atoms with E-state index in [4.69, 9.17) is 0 Å². The number of imidazole rings is 1. The minimum Gasteiger partial charge on any atom is -0.338 e. The van der Waals surface area contributed by atoms with E-state index in [1.54, 1.807) is 12.3 Å². The largest absolute Gasteiger partial charge is 0.417 e. The molecule has 0 spiro atoms. The fourth-order valence-electron chi connectivity index (χ4n) is 3.65. The number of carbonyl (C=O) groups excluding carboxylic acids is 1. The Hall–Kier alpha value is -2.90. The lowest BCUT2D eigenvalue weighted by Crippen LogP contribution is -2.30. The molecule has 1 saturated heterocycles. The van der Waals surface area contributed by atoms with Gasteiger partial charge in [0.25, 0.3) is 5.91 Å². The number of carbonyl (C=O) groups is 1. The van der Waals surface area contributed by atoms with Crippen molar-refractivity contribution in [1.82, 2.24) is 19.4 Å². The lowest BCUT2D eigenvalue weighted by molar-refractivity contribution is -0.138. The molecule has 0 saturated carbocycles. The first kappa shape index (κ1) is 17.5. The second-order valence-electron chi connectivity index (χ2n) is 6.66. The highest BCUT2D eigenvalue weighted by Crippen LogP contribution is 2.34. The summed E-state index contributed by atoms with van der Waals surface area (Å²) < 4.78 is 41.5. The molecule has 0 unspecified atom stereocenters. The third-order valence-corrected chi connectivity index (χ3v) is 4.97. The van der Waals surface area contributed by atoms with Crippen LogP contribution >= 0.6 is 0 Å². The Bertz CT molecular complexity index is 1010. The van der Waals surface area contributed by atoms with Gasteiger partial charge in [0.1, 0.15) is 11.3 Å². The Morgan fingerprint density at radius 1 is 1.19 bits per heavy atom. The molecule has 1 aliphatic heterocycles. The van der Waals surface area contributed by atoms with E-state index in [0.29, 0.717) is 19.5 Å². The number of benzene rings is 1. The molecule has 4 rings (SSSR count). The zero-order chi connectivity index (χ0) is 19.2. The molecular formula is C19H17F3N4O. The van der Waals surface area contributed by atoms with Crippen LogP contribution in [0.2, 0.25) is 0 Å². The molecule has 0 N–H and O–H groups in total. The number of halogens is 3. The molecule has 27 heavy (non-hydrogen) atoms. The molecule has 1 atom stereocenters. The smallest absolute Gasteiger partial charge is 0.338 e. The number of alkyl halides is 3. The van der Waals surface area contributed by atoms with Gasteiger partial charge in [0.2, 0.25) is 0 Å². The van der Waals surface area contributed by atoms with Crippen LogP contribution in [0.1, 0.15) is 34.1 Å². The zero-order valence-corrected chi connectivity index (χ0v) is 14.6. The quantitative estimate of drug-likeness (QED) is 0.689. The molecular weight excluding hydrogens is 357 g/mol. The van der Waals surface area contributed by atoms with Gasteiger partial charge in [-0.15, -0.1) is 0 Å². The second-order valence-corrected chi connectivity index (χ2v) is 6.66. The maximum atomic E-state index is 13.2. The Morgan fingerprint density at radius 3 is 2.70 bits per heavy atom. The summed E-state index contributed by atoms with van der Waals surface area (Å²) in [6, 6.07) is 8.59. The molecule has 8 heteroatoms. The topological polar surface area (TPSA) is 51.0 Å². The van der Waals surface area contributed by atoms with Gasteiger partial charge in [-0.3, -0.25) is 4.79 Å². The maximum absolute atomic E-state index is 13.2. The van der Waals surface area contributed by atoms with Gasteiger partial charge in [-0.25, -0.2) is 9.97 Å². The number of hydrogen-bond donors (Lipinski definition) is 0. The van der Waals surface area contributed by atoms with Crippen LogP contribution in [0.3, 0.4) is 0 Å². The lowest BCUT2D eigenvalue weighted by atomic mass is 10.1. The monoisotopic (exact) mass is 374 g/mol. The van der Waals surface area contributed by atoms with Crippen LogP contribution in [0.25, 0.3) is 11.2 Å². The molecule has 1 aromatic carbocycles. The Labute approximate surface area is 153 Å². The van der Waals surface area contributed by atoms with Crippen molar-refractivity contribution in [2.24, 2.45) is 7.05 Å². The summed E-state index contributed by atoms with van der Waals surface area (Å²) in [4.78, 5) is 23.1. The fraction of sp³-hybridized carbons (Fsp3) is 0.316. The van der Waals surface area contributed by atoms with E-state index >= 15 is 0 Å². The standard InChI is InChI=1S/C19H17F3N4O/c1-25-16(24-15-7-4-9-23-17(15)25)12-8-10-26(11-12)18(27)13-5-2-3-6-14(13)19(20,21)22/h2-7,9,12H,8,10-11H2,1H3/t12-/m0/s1. The second kappa shape index (κ2) is 6.37. The van der Waals surface area contributed by atoms with Gasteiger partial charge >= 0.3 is 6.18 Å². The van der Waals surface area contributed by atoms with E-state index in [-0.39, 0.29) is 11.5 Å². The van der Waals surface area contributed by atoms with Crippen LogP contribution in [0.4, 0.5) is 13.2 Å². The van der Waals surface area contributed by atoms with E-state index in [0.717, 1.165) is 23.1 Å². The van der Waals surface area contributed by atoms with Crippen molar-refractivity contribution in [3.63, 3.8) is 0 Å². The third-order valence-electron chi connectivity index (χ3n) is 4.97. The Kier molecular flexibility index (Phi) is 4.13. The van der Waals surface area contributed by atoms with Gasteiger partial charge in [0.05, 0.1) is 11.1 Å². The van der Waals surface area contributed by atoms with Crippen LogP contribution < -0.4 is 0 Å². The highest BCUT2D eigenvalue weighted by atomic mass is 19.4. The number of hydrogen-bond acceptors (Lipinski definition) is 3. The predicted octanol–water partition coefficient (Wildman–Crippen LogP) is 3.62. The van der Waals surface area contributed by atoms with E-state index in [1.807, 2.05) is 17.7 Å². The molecule has 2 aromatic heterocycles. The molecule has 3 heterocycles. The maximum Gasteiger partial charge on any atom is 0.417 e. The molecule has 1 aliphatic rings. The first-order valence-electron chi connectivity index (χ1n) is 8.59. The summed E-state index contributed by atoms with van der Waals surface area (Å²) in [5, 5.41) is 0. The molecule has 0 bridgehead atoms. The lowest BCUT2D eigenvalue weighted by Gasteiger charge is -2.19. The number of aromatic nitrogens is 3. The van der Waals surface area contributed by atoms with Crippen LogP contribution in [0.5, 0.6) is 0 Å². The molecule has 1 fully saturated rings. The van der Waals surface area contributed by atoms with E-state index in [9.17, 15) is 18.0 Å². The molecule has 3 aromatic rings. The highest BCUT2D eigenvalue weighted by molar-refractivity contribution is 5.96. The third kappa shape index (κ3) is 3.05. The number of fused-ring (bicyclic) bond motifs is 1. The number of nitrogens with zero attached hydrogens (tertiary/aromatic N) is 4. The number of rotatable bonds is 2. The van der Waals surface area contributed by atoms with Gasteiger partial charge in [-0.1, -0.05) is 12.1 Å². The van der Waals surface area contributed by atoms with Crippen molar-refractivity contribution in [1.29, 1.82) is 0 Å². The Balaban J connectivity index is 1.60. The van der Waals surface area contributed by atoms with Crippen molar-refractivity contribution < 1.29 is 18.0 Å². The molecule has 5 nitrogen and oxygen atoms in total. The SMILES string of the molecule is Cn1c([C@H]2CCN(C(=O)c3ccccc3C(F)(F)F)C2)nc2cccnc21. The summed E-state index contributed by atoms with van der Waals surface area (Å²) in [6.45, 7) is 0.731. The minimum absolute atomic E-state index is 0.0359. The molecule has 0 radical (unpaired) electrons. The first-order chi connectivity index (χ1) is 12.9. The average molecular weight is 374 g/mol. The van der Waals surface area contributed by atoms with Crippen LogP contribution in [-0.4, -0.2) is 38.4 Å². The first-order valence-corrected chi connectivity index (χ1v) is 8.59. The summed E-state index contributed by atoms with van der Waals surface area (Å²) in [5.74, 6) is 0.164. The van der Waals surface area contributed by atoms with Gasteiger partial charge in [0.15, 0.2) is 5.65 Å². The van der Waals surface area contributed by atoms with Crippen molar-refractivity contribution in [2.75, 3.05) is 13.1 Å². The minimum atomic E-state index is -4.56. The predicted molar refractivity (Wildman–Crippen MR) is 93.2 cm³/mol. The van der Waals surface area contributed by atoms with Crippen molar-refractivity contribution in [2.45, 2.75) is 18.5 Å². The van der Waals surface area contributed by atoms with E-state index < -0.39 is 17.6 Å². The van der Waals surface area contributed by atoms with Gasteiger partial charge in [-0.05, 0) is 30.7 Å². The number of likely N-dealkylation sites (tertiary alicyclic amines) is 1. The zero-order valence-electron chi connectivity index (χ0n) is 14.6. The Morgan fingerprint density at radius 2 is 1.96 bits per heavy atom. The number of aryl methyl sites for hydroxylation is 1. The molecule has 1 amide bonds. The highest BCUT2D eigenvalue weighted by Gasteiger charge is 2.38. The van der Waals surface area contributed by atoms with Crippen LogP contribution in [-0.2, 0) is 13.2 Å². The number of amides is 1. The summed E-state index contributed by atoms with van der Waals surface area (Å²) >= 11 is 0. The van der Waals surface area contributed by atoms with Crippen molar-refractivity contribution >= 4 is 17.1 Å². The van der Waals surface area contributed by atoms with Gasteiger partial charge < -0.3 is 9.47 Å². The van der Waals surface area contributed by atoms with Gasteiger partial charge in [0, 0.05) is 32.3 Å². The summed E-state index contributed by atoms with van der Waals surface area (Å²) in [7, 11) is 1.86. The van der Waals surface area contributed by atoms with Crippen LogP contribution in [0, 0.1) is 0 Å². The van der Waals surface area contributed by atoms with Gasteiger partial charge in [-0.2, -0.15) is 13.2 Å². The van der Waals surface area contributed by atoms with E-state index in [1.165, 1.54) is 23.1 Å². The fourth-order valence-corrected chi connectivity index (χ4v) is 3.65. The summed E-state index contributed by atoms with van der Waals surface area (Å²) in [5.41, 5.74) is 0.310. The van der Waals surface area contributed by atoms with Crippen LogP contribution in [0.15, 0.2) is 42.6 Å². The number of pyridine rings is 1. The van der Waals surface area contributed by atoms with Crippen molar-refractivity contribution in [3.05, 3.63) is 59.5 Å². The summed E-state index contributed by atoms with van der Waals surface area (Å²) in [6.07, 6.45) is -2.22. The van der Waals surface area contributed by atoms with Crippen molar-refractivity contribution in [3.8, 4) is 0 Å². The molecule has 140 valence electrons. The normalized spacial score (nSPS) is 17.6. The average Bonchev–Trinajstić information content (AvgIpc) is 3.26. The molecule has 0 aliphatic carbocycles. The van der Waals surface area contributed by atoms with E-state index in [2.05, 4.69) is 9.97 Å².